The van der Waals surface area contributed by atoms with Crippen LogP contribution >= 0.6 is 0 Å². The Morgan fingerprint density at radius 1 is 1.22 bits per heavy atom. The summed E-state index contributed by atoms with van der Waals surface area (Å²) in [6.07, 6.45) is 2.91. The van der Waals surface area contributed by atoms with E-state index in [9.17, 15) is 0 Å². The van der Waals surface area contributed by atoms with E-state index in [2.05, 4.69) is 20.0 Å². The normalized spacial score (nSPS) is 14.7. The number of rotatable bonds is 3. The highest BCUT2D eigenvalue weighted by Gasteiger charge is 2.19. The molecule has 0 radical (unpaired) electrons. The average molecular weight is 306 g/mol. The minimum atomic E-state index is 0.781. The highest BCUT2D eigenvalue weighted by molar-refractivity contribution is 5.56. The van der Waals surface area contributed by atoms with Gasteiger partial charge in [-0.05, 0) is 6.92 Å². The summed E-state index contributed by atoms with van der Waals surface area (Å²) in [5.41, 5.74) is 4.41. The summed E-state index contributed by atoms with van der Waals surface area (Å²) in [5, 5.41) is 4.21. The van der Waals surface area contributed by atoms with Crippen molar-refractivity contribution >= 4 is 0 Å². The third-order valence-corrected chi connectivity index (χ3v) is 4.14. The highest BCUT2D eigenvalue weighted by Crippen LogP contribution is 2.22. The van der Waals surface area contributed by atoms with Crippen molar-refractivity contribution < 1.29 is 4.52 Å². The number of aromatic nitrogens is 3. The van der Waals surface area contributed by atoms with Gasteiger partial charge in [-0.1, -0.05) is 35.5 Å². The van der Waals surface area contributed by atoms with E-state index in [4.69, 9.17) is 4.52 Å². The van der Waals surface area contributed by atoms with Crippen LogP contribution in [0.15, 0.2) is 47.1 Å². The predicted octanol–water partition coefficient (Wildman–Crippen LogP) is 3.00. The topological polar surface area (TPSA) is 55.1 Å². The first-order chi connectivity index (χ1) is 11.3. The molecular formula is C18H18N4O. The largest absolute Gasteiger partial charge is 0.356 e. The monoisotopic (exact) mass is 306 g/mol. The first-order valence-corrected chi connectivity index (χ1v) is 7.83. The maximum Gasteiger partial charge on any atom is 0.167 e. The van der Waals surface area contributed by atoms with Crippen molar-refractivity contribution in [1.82, 2.24) is 20.0 Å². The lowest BCUT2D eigenvalue weighted by Gasteiger charge is -2.26. The van der Waals surface area contributed by atoms with Gasteiger partial charge in [0.15, 0.2) is 5.76 Å². The van der Waals surface area contributed by atoms with Crippen LogP contribution in [0.25, 0.3) is 11.3 Å². The van der Waals surface area contributed by atoms with Crippen LogP contribution in [0.2, 0.25) is 0 Å². The zero-order chi connectivity index (χ0) is 15.6. The molecule has 0 bridgehead atoms. The van der Waals surface area contributed by atoms with Gasteiger partial charge in [0.05, 0.1) is 5.69 Å². The number of nitrogens with zero attached hydrogens (tertiary/aromatic N) is 4. The minimum Gasteiger partial charge on any atom is -0.356 e. The molecule has 0 aliphatic carbocycles. The molecule has 0 atom stereocenters. The molecular weight excluding hydrogens is 288 g/mol. The molecule has 1 aliphatic heterocycles. The Hall–Kier alpha value is -2.53. The first kappa shape index (κ1) is 14.1. The molecule has 3 aromatic rings. The molecule has 0 amide bonds. The van der Waals surface area contributed by atoms with Gasteiger partial charge in [0, 0.05) is 55.1 Å². The fraction of sp³-hybridized carbons (Fsp3) is 0.278. The molecule has 0 N–H and O–H groups in total. The number of aryl methyl sites for hydroxylation is 1. The van der Waals surface area contributed by atoms with Gasteiger partial charge in [-0.3, -0.25) is 4.90 Å². The van der Waals surface area contributed by atoms with E-state index in [1.807, 2.05) is 49.5 Å². The van der Waals surface area contributed by atoms with E-state index in [-0.39, 0.29) is 0 Å². The second kappa shape index (κ2) is 5.93. The summed E-state index contributed by atoms with van der Waals surface area (Å²) in [7, 11) is 0. The minimum absolute atomic E-state index is 0.781. The van der Waals surface area contributed by atoms with Crippen LogP contribution in [0, 0.1) is 6.92 Å². The van der Waals surface area contributed by atoms with Gasteiger partial charge >= 0.3 is 0 Å². The Morgan fingerprint density at radius 2 is 2.09 bits per heavy atom. The zero-order valence-electron chi connectivity index (χ0n) is 13.1. The third-order valence-electron chi connectivity index (χ3n) is 4.14. The lowest BCUT2D eigenvalue weighted by Crippen LogP contribution is -2.31. The van der Waals surface area contributed by atoms with E-state index in [1.165, 1.54) is 11.3 Å². The van der Waals surface area contributed by atoms with E-state index in [0.29, 0.717) is 0 Å². The van der Waals surface area contributed by atoms with Crippen molar-refractivity contribution in [2.45, 2.75) is 26.4 Å². The van der Waals surface area contributed by atoms with E-state index in [0.717, 1.165) is 48.9 Å². The van der Waals surface area contributed by atoms with Crippen molar-refractivity contribution in [3.05, 3.63) is 65.4 Å². The standard InChI is InChI=1S/C18H18N4O/c1-13-19-10-15-11-22(8-7-17(15)20-13)12-16-9-18(23-21-16)14-5-3-2-4-6-14/h2-6,9-10H,7-8,11-12H2,1H3. The summed E-state index contributed by atoms with van der Waals surface area (Å²) in [6, 6.07) is 12.1. The molecule has 1 aliphatic rings. The van der Waals surface area contributed by atoms with Crippen LogP contribution in [-0.2, 0) is 19.5 Å². The van der Waals surface area contributed by atoms with Gasteiger partial charge in [-0.25, -0.2) is 9.97 Å². The van der Waals surface area contributed by atoms with Gasteiger partial charge < -0.3 is 4.52 Å². The molecule has 0 fully saturated rings. The fourth-order valence-electron chi connectivity index (χ4n) is 2.96. The van der Waals surface area contributed by atoms with Gasteiger partial charge in [0.25, 0.3) is 0 Å². The number of hydrogen-bond donors (Lipinski definition) is 0. The summed E-state index contributed by atoms with van der Waals surface area (Å²) in [4.78, 5) is 11.2. The molecule has 2 aromatic heterocycles. The van der Waals surface area contributed by atoms with Crippen LogP contribution in [0.1, 0.15) is 22.8 Å². The molecule has 116 valence electrons. The fourth-order valence-corrected chi connectivity index (χ4v) is 2.96. The second-order valence-corrected chi connectivity index (χ2v) is 5.90. The van der Waals surface area contributed by atoms with Crippen LogP contribution in [0.3, 0.4) is 0 Å². The molecule has 23 heavy (non-hydrogen) atoms. The van der Waals surface area contributed by atoms with Gasteiger partial charge in [0.1, 0.15) is 5.82 Å². The summed E-state index contributed by atoms with van der Waals surface area (Å²) < 4.78 is 5.48. The maximum absolute atomic E-state index is 5.48. The summed E-state index contributed by atoms with van der Waals surface area (Å²) >= 11 is 0. The summed E-state index contributed by atoms with van der Waals surface area (Å²) in [5.74, 6) is 1.66. The predicted molar refractivity (Wildman–Crippen MR) is 86.5 cm³/mol. The Labute approximate surface area is 135 Å². The van der Waals surface area contributed by atoms with Crippen molar-refractivity contribution in [2.75, 3.05) is 6.54 Å². The molecule has 5 nitrogen and oxygen atoms in total. The molecule has 5 heteroatoms. The van der Waals surface area contributed by atoms with Crippen LogP contribution in [0.4, 0.5) is 0 Å². The van der Waals surface area contributed by atoms with Crippen molar-refractivity contribution in [2.24, 2.45) is 0 Å². The molecule has 3 heterocycles. The molecule has 0 saturated carbocycles. The molecule has 1 aromatic carbocycles. The van der Waals surface area contributed by atoms with Crippen molar-refractivity contribution in [3.8, 4) is 11.3 Å². The van der Waals surface area contributed by atoms with Crippen LogP contribution in [-0.4, -0.2) is 26.6 Å². The Bertz CT molecular complexity index is 813. The first-order valence-electron chi connectivity index (χ1n) is 7.83. The molecule has 4 rings (SSSR count). The average Bonchev–Trinajstić information content (AvgIpc) is 3.04. The van der Waals surface area contributed by atoms with Crippen molar-refractivity contribution in [3.63, 3.8) is 0 Å². The second-order valence-electron chi connectivity index (χ2n) is 5.90. The number of benzene rings is 1. The zero-order valence-corrected chi connectivity index (χ0v) is 13.1. The van der Waals surface area contributed by atoms with Crippen molar-refractivity contribution in [1.29, 1.82) is 0 Å². The van der Waals surface area contributed by atoms with Gasteiger partial charge in [-0.15, -0.1) is 0 Å². The Kier molecular flexibility index (Phi) is 3.63. The van der Waals surface area contributed by atoms with Crippen LogP contribution in [0.5, 0.6) is 0 Å². The Morgan fingerprint density at radius 3 is 2.96 bits per heavy atom. The molecule has 0 saturated heterocycles. The van der Waals surface area contributed by atoms with Crippen LogP contribution < -0.4 is 0 Å². The molecule has 0 spiro atoms. The molecule has 0 unspecified atom stereocenters. The van der Waals surface area contributed by atoms with Gasteiger partial charge in [-0.2, -0.15) is 0 Å². The van der Waals surface area contributed by atoms with E-state index < -0.39 is 0 Å². The maximum atomic E-state index is 5.48. The SMILES string of the molecule is Cc1ncc2c(n1)CCN(Cc1cc(-c3ccccc3)on1)C2. The summed E-state index contributed by atoms with van der Waals surface area (Å²) in [6.45, 7) is 4.57. The Balaban J connectivity index is 1.47. The number of fused-ring (bicyclic) bond motifs is 1. The van der Waals surface area contributed by atoms with E-state index >= 15 is 0 Å². The highest BCUT2D eigenvalue weighted by atomic mass is 16.5. The lowest BCUT2D eigenvalue weighted by atomic mass is 10.1. The third kappa shape index (κ3) is 3.00. The van der Waals surface area contributed by atoms with Gasteiger partial charge in [0.2, 0.25) is 0 Å². The lowest BCUT2D eigenvalue weighted by molar-refractivity contribution is 0.235. The number of hydrogen-bond acceptors (Lipinski definition) is 5. The smallest absolute Gasteiger partial charge is 0.167 e. The van der Waals surface area contributed by atoms with E-state index in [1.54, 1.807) is 0 Å². The quantitative estimate of drug-likeness (QED) is 0.744.